The van der Waals surface area contributed by atoms with Crippen LogP contribution in [0, 0.1) is 0 Å². The maximum Gasteiger partial charge on any atom is 0.299 e. The van der Waals surface area contributed by atoms with Crippen LogP contribution in [0.25, 0.3) is 17.0 Å². The lowest BCUT2D eigenvalue weighted by atomic mass is 10.2. The van der Waals surface area contributed by atoms with E-state index in [1.165, 1.54) is 11.8 Å². The Morgan fingerprint density at radius 1 is 1.07 bits per heavy atom. The summed E-state index contributed by atoms with van der Waals surface area (Å²) in [5.74, 6) is 0.129. The van der Waals surface area contributed by atoms with E-state index in [2.05, 4.69) is 32.1 Å². The molecule has 142 valence electrons. The van der Waals surface area contributed by atoms with Crippen molar-refractivity contribution in [1.29, 1.82) is 0 Å². The van der Waals surface area contributed by atoms with E-state index in [9.17, 15) is 8.78 Å². The monoisotopic (exact) mass is 419 g/mol. The van der Waals surface area contributed by atoms with Crippen LogP contribution in [0.5, 0.6) is 0 Å². The van der Waals surface area contributed by atoms with Gasteiger partial charge in [0.05, 0.1) is 0 Å². The van der Waals surface area contributed by atoms with Crippen LogP contribution in [-0.2, 0) is 6.54 Å². The summed E-state index contributed by atoms with van der Waals surface area (Å²) in [5.41, 5.74) is 1.09. The van der Waals surface area contributed by atoms with Gasteiger partial charge >= 0.3 is 0 Å². The molecule has 0 fully saturated rings. The molecule has 0 aliphatic carbocycles. The quantitative estimate of drug-likeness (QED) is 0.433. The molecule has 0 amide bonds. The van der Waals surface area contributed by atoms with Crippen molar-refractivity contribution in [2.75, 3.05) is 0 Å². The molecule has 3 aromatic heterocycles. The van der Waals surface area contributed by atoms with Crippen LogP contribution in [-0.4, -0.2) is 34.6 Å². The van der Waals surface area contributed by atoms with Gasteiger partial charge in [-0.05, 0) is 48.2 Å². The van der Waals surface area contributed by atoms with Gasteiger partial charge < -0.3 is 0 Å². The zero-order chi connectivity index (χ0) is 19.7. The number of hydrogen-bond donors (Lipinski definition) is 0. The van der Waals surface area contributed by atoms with Gasteiger partial charge in [-0.15, -0.1) is 27.0 Å². The molecule has 1 aromatic carbocycles. The van der Waals surface area contributed by atoms with Gasteiger partial charge in [0.15, 0.2) is 16.6 Å². The first-order valence-electron chi connectivity index (χ1n) is 8.05. The number of hydrogen-bond acceptors (Lipinski definition) is 6. The van der Waals surface area contributed by atoms with Crippen molar-refractivity contribution in [3.8, 4) is 11.4 Å². The fourth-order valence-corrected chi connectivity index (χ4v) is 3.47. The first kappa shape index (κ1) is 18.5. The second kappa shape index (κ2) is 7.64. The van der Waals surface area contributed by atoms with Gasteiger partial charge in [0.2, 0.25) is 5.82 Å². The first-order valence-corrected chi connectivity index (χ1v) is 9.24. The topological polar surface area (TPSA) is 73.8 Å². The molecule has 4 rings (SSSR count). The molecule has 28 heavy (non-hydrogen) atoms. The van der Waals surface area contributed by atoms with Gasteiger partial charge in [0.1, 0.15) is 5.03 Å². The van der Waals surface area contributed by atoms with Crippen molar-refractivity contribution in [2.45, 2.75) is 23.2 Å². The van der Waals surface area contributed by atoms with Gasteiger partial charge in [-0.3, -0.25) is 4.57 Å². The average molecular weight is 420 g/mol. The molecule has 0 atom stereocenters. The van der Waals surface area contributed by atoms with Crippen LogP contribution in [0.15, 0.2) is 59.2 Å². The summed E-state index contributed by atoms with van der Waals surface area (Å²) in [4.78, 5) is 0. The van der Waals surface area contributed by atoms with Crippen LogP contribution in [0.1, 0.15) is 12.2 Å². The molecule has 3 heterocycles. The molecular weight excluding hydrogens is 408 g/mol. The summed E-state index contributed by atoms with van der Waals surface area (Å²) in [6.45, 7) is 4.23. The van der Waals surface area contributed by atoms with Crippen LogP contribution < -0.4 is 0 Å². The largest absolute Gasteiger partial charge is 0.299 e. The number of fused-ring (bicyclic) bond motifs is 1. The van der Waals surface area contributed by atoms with E-state index in [-0.39, 0.29) is 5.65 Å². The van der Waals surface area contributed by atoms with Gasteiger partial charge in [0, 0.05) is 17.1 Å². The highest BCUT2D eigenvalue weighted by atomic mass is 35.5. The second-order valence-electron chi connectivity index (χ2n) is 5.61. The van der Waals surface area contributed by atoms with Gasteiger partial charge in [-0.2, -0.15) is 9.61 Å². The van der Waals surface area contributed by atoms with Crippen molar-refractivity contribution >= 4 is 29.0 Å². The SMILES string of the molecule is C=CCn1c(Sc2ccc3nnc(C(F)F)n3n2)nnc1-c1ccc(Cl)cc1. The number of halogens is 3. The summed E-state index contributed by atoms with van der Waals surface area (Å²) in [6.07, 6.45) is -1.05. The molecule has 0 unspecified atom stereocenters. The maximum atomic E-state index is 13.1. The molecule has 0 saturated carbocycles. The maximum absolute atomic E-state index is 13.1. The van der Waals surface area contributed by atoms with Crippen molar-refractivity contribution in [2.24, 2.45) is 0 Å². The van der Waals surface area contributed by atoms with E-state index < -0.39 is 12.2 Å². The van der Waals surface area contributed by atoms with Crippen LogP contribution >= 0.6 is 23.4 Å². The molecule has 0 N–H and O–H groups in total. The van der Waals surface area contributed by atoms with Crippen molar-refractivity contribution in [3.05, 3.63) is 59.9 Å². The third-order valence-electron chi connectivity index (χ3n) is 3.78. The van der Waals surface area contributed by atoms with Crippen LogP contribution in [0.2, 0.25) is 5.02 Å². The summed E-state index contributed by atoms with van der Waals surface area (Å²) < 4.78 is 29.0. The van der Waals surface area contributed by atoms with E-state index in [1.807, 2.05) is 16.7 Å². The molecule has 7 nitrogen and oxygen atoms in total. The Hall–Kier alpha value is -2.85. The number of rotatable bonds is 6. The summed E-state index contributed by atoms with van der Waals surface area (Å²) in [5, 5.41) is 21.5. The zero-order valence-electron chi connectivity index (χ0n) is 14.2. The zero-order valence-corrected chi connectivity index (χ0v) is 15.8. The Kier molecular flexibility index (Phi) is 5.05. The Balaban J connectivity index is 1.71. The molecule has 0 aliphatic rings. The lowest BCUT2D eigenvalue weighted by molar-refractivity contribution is 0.137. The number of benzene rings is 1. The molecular formula is C17H12ClF2N7S. The summed E-state index contributed by atoms with van der Waals surface area (Å²) in [6, 6.07) is 10.5. The highest BCUT2D eigenvalue weighted by Gasteiger charge is 2.19. The highest BCUT2D eigenvalue weighted by molar-refractivity contribution is 7.99. The van der Waals surface area contributed by atoms with E-state index >= 15 is 0 Å². The smallest absolute Gasteiger partial charge is 0.298 e. The molecule has 0 spiro atoms. The molecule has 11 heteroatoms. The summed E-state index contributed by atoms with van der Waals surface area (Å²) in [7, 11) is 0. The third kappa shape index (κ3) is 3.48. The van der Waals surface area contributed by atoms with Gasteiger partial charge in [-0.1, -0.05) is 17.7 Å². The molecule has 0 saturated heterocycles. The minimum Gasteiger partial charge on any atom is -0.298 e. The minimum atomic E-state index is -2.77. The van der Waals surface area contributed by atoms with Gasteiger partial charge in [0.25, 0.3) is 6.43 Å². The van der Waals surface area contributed by atoms with Gasteiger partial charge in [-0.25, -0.2) is 8.78 Å². The van der Waals surface area contributed by atoms with Crippen LogP contribution in [0.3, 0.4) is 0 Å². The highest BCUT2D eigenvalue weighted by Crippen LogP contribution is 2.29. The van der Waals surface area contributed by atoms with E-state index in [4.69, 9.17) is 11.6 Å². The first-order chi connectivity index (χ1) is 13.6. The Morgan fingerprint density at radius 2 is 1.86 bits per heavy atom. The number of alkyl halides is 2. The van der Waals surface area contributed by atoms with Crippen molar-refractivity contribution in [1.82, 2.24) is 34.6 Å². The Bertz CT molecular complexity index is 1140. The molecule has 0 radical (unpaired) electrons. The van der Waals surface area contributed by atoms with Crippen LogP contribution in [0.4, 0.5) is 8.78 Å². The predicted molar refractivity (Wildman–Crippen MR) is 101 cm³/mol. The molecule has 0 bridgehead atoms. The Morgan fingerprint density at radius 3 is 2.57 bits per heavy atom. The summed E-state index contributed by atoms with van der Waals surface area (Å²) >= 11 is 7.14. The fourth-order valence-electron chi connectivity index (χ4n) is 2.54. The number of allylic oxidation sites excluding steroid dienone is 1. The Labute approximate surface area is 167 Å². The molecule has 4 aromatic rings. The third-order valence-corrected chi connectivity index (χ3v) is 4.95. The van der Waals surface area contributed by atoms with Crippen molar-refractivity contribution < 1.29 is 8.78 Å². The normalized spacial score (nSPS) is 11.4. The van der Waals surface area contributed by atoms with E-state index in [0.29, 0.717) is 27.6 Å². The lowest BCUT2D eigenvalue weighted by Crippen LogP contribution is -2.02. The van der Waals surface area contributed by atoms with E-state index in [1.54, 1.807) is 30.3 Å². The second-order valence-corrected chi connectivity index (χ2v) is 7.04. The predicted octanol–water partition coefficient (Wildman–Crippen LogP) is 4.31. The standard InChI is InChI=1S/C17H12ClF2N7S/c1-2-9-26-15(10-3-5-11(18)6-4-10)22-24-17(26)28-13-8-7-12-21-23-16(14(19)20)27(12)25-13/h2-8,14H,1,9H2. The van der Waals surface area contributed by atoms with E-state index in [0.717, 1.165) is 10.1 Å². The average Bonchev–Trinajstić information content (AvgIpc) is 3.27. The lowest BCUT2D eigenvalue weighted by Gasteiger charge is -2.08. The number of aromatic nitrogens is 7. The number of nitrogens with zero attached hydrogens (tertiary/aromatic N) is 7. The minimum absolute atomic E-state index is 0.245. The van der Waals surface area contributed by atoms with Crippen molar-refractivity contribution in [3.63, 3.8) is 0 Å². The fraction of sp³-hybridized carbons (Fsp3) is 0.118. The molecule has 0 aliphatic heterocycles.